The van der Waals surface area contributed by atoms with Crippen molar-refractivity contribution < 1.29 is 4.79 Å². The van der Waals surface area contributed by atoms with Gasteiger partial charge in [0.25, 0.3) is 0 Å². The van der Waals surface area contributed by atoms with E-state index in [1.807, 2.05) is 34.8 Å². The summed E-state index contributed by atoms with van der Waals surface area (Å²) in [6, 6.07) is 4.02. The van der Waals surface area contributed by atoms with E-state index in [1.54, 1.807) is 11.3 Å². The first-order valence-electron chi connectivity index (χ1n) is 7.34. The molecule has 120 valence electrons. The van der Waals surface area contributed by atoms with Crippen LogP contribution in [0.1, 0.15) is 11.8 Å². The molecule has 1 aliphatic heterocycles. The van der Waals surface area contributed by atoms with E-state index in [4.69, 9.17) is 0 Å². The van der Waals surface area contributed by atoms with Crippen LogP contribution in [0, 0.1) is 0 Å². The zero-order valence-electron chi connectivity index (χ0n) is 12.6. The van der Waals surface area contributed by atoms with Crippen molar-refractivity contribution in [3.8, 4) is 0 Å². The van der Waals surface area contributed by atoms with Crippen LogP contribution in [-0.2, 0) is 17.8 Å². The summed E-state index contributed by atoms with van der Waals surface area (Å²) in [5.41, 5.74) is 0. The van der Waals surface area contributed by atoms with Crippen LogP contribution in [0.15, 0.2) is 29.9 Å². The summed E-state index contributed by atoms with van der Waals surface area (Å²) in [4.78, 5) is 22.1. The van der Waals surface area contributed by atoms with Gasteiger partial charge >= 0.3 is 0 Å². The van der Waals surface area contributed by atoms with Gasteiger partial charge in [0.15, 0.2) is 0 Å². The Hall–Kier alpha value is -1.53. The fourth-order valence-corrected chi connectivity index (χ4v) is 3.36. The number of rotatable bonds is 4. The summed E-state index contributed by atoms with van der Waals surface area (Å²) in [7, 11) is 0. The predicted octanol–water partition coefficient (Wildman–Crippen LogP) is 2.28. The largest absolute Gasteiger partial charge is 0.339 e. The second kappa shape index (κ2) is 7.65. The number of nitrogens with zero attached hydrogens (tertiary/aromatic N) is 4. The second-order valence-electron chi connectivity index (χ2n) is 5.14. The lowest BCUT2D eigenvalue weighted by molar-refractivity contribution is -0.130. The van der Waals surface area contributed by atoms with E-state index >= 15 is 0 Å². The molecule has 1 fully saturated rings. The Morgan fingerprint density at radius 3 is 2.73 bits per heavy atom. The van der Waals surface area contributed by atoms with E-state index in [0.717, 1.165) is 43.5 Å². The SMILES string of the molecule is CCn1ccnc1N1CCN(C(=O)Cc2cccs2)CC1.Cl. The van der Waals surface area contributed by atoms with Gasteiger partial charge in [0.2, 0.25) is 11.9 Å². The standard InChI is InChI=1S/C15H20N4OS.ClH/c1-2-17-6-5-16-15(17)19-9-7-18(8-10-19)14(20)12-13-4-3-11-21-13;/h3-6,11H,2,7-10,12H2,1H3;1H. The maximum Gasteiger partial charge on any atom is 0.227 e. The fourth-order valence-electron chi connectivity index (χ4n) is 2.66. The van der Waals surface area contributed by atoms with Crippen LogP contribution < -0.4 is 4.90 Å². The summed E-state index contributed by atoms with van der Waals surface area (Å²) < 4.78 is 2.14. The van der Waals surface area contributed by atoms with E-state index < -0.39 is 0 Å². The smallest absolute Gasteiger partial charge is 0.227 e. The molecule has 0 spiro atoms. The number of carbonyl (C=O) groups excluding carboxylic acids is 1. The number of anilines is 1. The van der Waals surface area contributed by atoms with Gasteiger partial charge in [-0.3, -0.25) is 4.79 Å². The Morgan fingerprint density at radius 2 is 2.09 bits per heavy atom. The molecule has 5 nitrogen and oxygen atoms in total. The average molecular weight is 341 g/mol. The Bertz CT molecular complexity index is 590. The van der Waals surface area contributed by atoms with Gasteiger partial charge in [-0.25, -0.2) is 4.98 Å². The maximum atomic E-state index is 12.3. The number of halogens is 1. The number of hydrogen-bond acceptors (Lipinski definition) is 4. The van der Waals surface area contributed by atoms with E-state index in [0.29, 0.717) is 6.42 Å². The van der Waals surface area contributed by atoms with Crippen LogP contribution in [0.2, 0.25) is 0 Å². The molecule has 2 aromatic heterocycles. The topological polar surface area (TPSA) is 41.4 Å². The molecule has 3 rings (SSSR count). The van der Waals surface area contributed by atoms with Crippen LogP contribution in [0.3, 0.4) is 0 Å². The zero-order valence-corrected chi connectivity index (χ0v) is 14.3. The lowest BCUT2D eigenvalue weighted by atomic mass is 10.2. The Balaban J connectivity index is 0.00000176. The summed E-state index contributed by atoms with van der Waals surface area (Å²) in [5, 5.41) is 2.02. The fraction of sp³-hybridized carbons (Fsp3) is 0.467. The van der Waals surface area contributed by atoms with E-state index in [9.17, 15) is 4.79 Å². The first kappa shape index (κ1) is 16.8. The van der Waals surface area contributed by atoms with Gasteiger partial charge < -0.3 is 14.4 Å². The minimum Gasteiger partial charge on any atom is -0.339 e. The van der Waals surface area contributed by atoms with Crippen LogP contribution in [0.25, 0.3) is 0 Å². The molecule has 0 bridgehead atoms. The molecule has 0 aromatic carbocycles. The van der Waals surface area contributed by atoms with Gasteiger partial charge in [-0.15, -0.1) is 23.7 Å². The van der Waals surface area contributed by atoms with Gasteiger partial charge in [-0.05, 0) is 18.4 Å². The van der Waals surface area contributed by atoms with Crippen LogP contribution in [0.4, 0.5) is 5.95 Å². The highest BCUT2D eigenvalue weighted by Gasteiger charge is 2.23. The van der Waals surface area contributed by atoms with Gasteiger partial charge in [0.1, 0.15) is 0 Å². The molecule has 22 heavy (non-hydrogen) atoms. The number of aryl methyl sites for hydroxylation is 1. The predicted molar refractivity (Wildman–Crippen MR) is 92.0 cm³/mol. The molecule has 2 aromatic rings. The number of hydrogen-bond donors (Lipinski definition) is 0. The van der Waals surface area contributed by atoms with E-state index in [2.05, 4.69) is 21.4 Å². The number of imidazole rings is 1. The molecule has 0 radical (unpaired) electrons. The van der Waals surface area contributed by atoms with E-state index in [1.165, 1.54) is 0 Å². The quantitative estimate of drug-likeness (QED) is 0.857. The molecule has 1 aliphatic rings. The first-order valence-corrected chi connectivity index (χ1v) is 8.22. The van der Waals surface area contributed by atoms with Crippen LogP contribution in [0.5, 0.6) is 0 Å². The zero-order chi connectivity index (χ0) is 14.7. The molecule has 3 heterocycles. The molecule has 0 atom stereocenters. The summed E-state index contributed by atoms with van der Waals surface area (Å²) >= 11 is 1.65. The number of piperazine rings is 1. The number of amides is 1. The lowest BCUT2D eigenvalue weighted by Gasteiger charge is -2.35. The number of aromatic nitrogens is 2. The highest BCUT2D eigenvalue weighted by atomic mass is 35.5. The van der Waals surface area contributed by atoms with Crippen molar-refractivity contribution in [1.82, 2.24) is 14.5 Å². The minimum atomic E-state index is 0. The van der Waals surface area contributed by atoms with Crippen molar-refractivity contribution in [3.05, 3.63) is 34.8 Å². The van der Waals surface area contributed by atoms with Gasteiger partial charge in [-0.2, -0.15) is 0 Å². The van der Waals surface area contributed by atoms with E-state index in [-0.39, 0.29) is 18.3 Å². The van der Waals surface area contributed by atoms with Crippen molar-refractivity contribution >= 4 is 35.6 Å². The highest BCUT2D eigenvalue weighted by Crippen LogP contribution is 2.16. The molecular formula is C15H21ClN4OS. The highest BCUT2D eigenvalue weighted by molar-refractivity contribution is 7.10. The third-order valence-electron chi connectivity index (χ3n) is 3.85. The number of carbonyl (C=O) groups is 1. The van der Waals surface area contributed by atoms with Gasteiger partial charge in [0.05, 0.1) is 6.42 Å². The summed E-state index contributed by atoms with van der Waals surface area (Å²) in [6.07, 6.45) is 4.37. The van der Waals surface area contributed by atoms with Crippen LogP contribution in [-0.4, -0.2) is 46.5 Å². The number of thiophene rings is 1. The molecule has 1 saturated heterocycles. The van der Waals surface area contributed by atoms with Crippen molar-refractivity contribution in [2.75, 3.05) is 31.1 Å². The van der Waals surface area contributed by atoms with Crippen molar-refractivity contribution in [3.63, 3.8) is 0 Å². The van der Waals surface area contributed by atoms with Crippen molar-refractivity contribution in [1.29, 1.82) is 0 Å². The third-order valence-corrected chi connectivity index (χ3v) is 4.73. The average Bonchev–Trinajstić information content (AvgIpc) is 3.18. The van der Waals surface area contributed by atoms with Crippen LogP contribution >= 0.6 is 23.7 Å². The third kappa shape index (κ3) is 3.62. The summed E-state index contributed by atoms with van der Waals surface area (Å²) in [5.74, 6) is 1.25. The molecular weight excluding hydrogens is 320 g/mol. The van der Waals surface area contributed by atoms with Gasteiger partial charge in [-0.1, -0.05) is 6.07 Å². The minimum absolute atomic E-state index is 0. The molecule has 7 heteroatoms. The monoisotopic (exact) mass is 340 g/mol. The van der Waals surface area contributed by atoms with Gasteiger partial charge in [0, 0.05) is 50.0 Å². The molecule has 0 aliphatic carbocycles. The second-order valence-corrected chi connectivity index (χ2v) is 6.17. The normalized spacial score (nSPS) is 14.8. The Labute approximate surface area is 141 Å². The Kier molecular flexibility index (Phi) is 5.85. The summed E-state index contributed by atoms with van der Waals surface area (Å²) in [6.45, 7) is 6.31. The Morgan fingerprint density at radius 1 is 1.32 bits per heavy atom. The molecule has 1 amide bonds. The molecule has 0 unspecified atom stereocenters. The molecule has 0 saturated carbocycles. The van der Waals surface area contributed by atoms with Crippen molar-refractivity contribution in [2.45, 2.75) is 19.9 Å². The lowest BCUT2D eigenvalue weighted by Crippen LogP contribution is -2.49. The van der Waals surface area contributed by atoms with Crippen molar-refractivity contribution in [2.24, 2.45) is 0 Å². The molecule has 0 N–H and O–H groups in total. The first-order chi connectivity index (χ1) is 10.3. The maximum absolute atomic E-state index is 12.3.